The van der Waals surface area contributed by atoms with E-state index in [-0.39, 0.29) is 17.9 Å². The molecule has 1 amide bonds. The molecule has 0 saturated carbocycles. The molecule has 1 aromatic heterocycles. The Bertz CT molecular complexity index is 358. The molecule has 1 rings (SSSR count). The molecule has 0 radical (unpaired) electrons. The molecule has 2 N–H and O–H groups in total. The van der Waals surface area contributed by atoms with Crippen LogP contribution in [0.2, 0.25) is 0 Å². The molecule has 0 aliphatic rings. The predicted molar refractivity (Wildman–Crippen MR) is 67.7 cm³/mol. The zero-order valence-electron chi connectivity index (χ0n) is 11.0. The minimum absolute atomic E-state index is 0.0418. The third kappa shape index (κ3) is 4.61. The van der Waals surface area contributed by atoms with Gasteiger partial charge in [-0.05, 0) is 26.0 Å². The van der Waals surface area contributed by atoms with Crippen LogP contribution < -0.4 is 10.6 Å². The van der Waals surface area contributed by atoms with Crippen molar-refractivity contribution in [3.63, 3.8) is 0 Å². The fourth-order valence-electron chi connectivity index (χ4n) is 1.47. The first-order valence-electron chi connectivity index (χ1n) is 6.08. The molecular weight excluding hydrogens is 216 g/mol. The van der Waals surface area contributed by atoms with E-state index in [2.05, 4.69) is 10.6 Å². The molecule has 0 aromatic carbocycles. The van der Waals surface area contributed by atoms with Gasteiger partial charge in [-0.1, -0.05) is 13.8 Å². The van der Waals surface area contributed by atoms with E-state index in [1.165, 1.54) is 0 Å². The second-order valence-electron chi connectivity index (χ2n) is 4.57. The molecule has 4 nitrogen and oxygen atoms in total. The van der Waals surface area contributed by atoms with E-state index in [0.29, 0.717) is 6.54 Å². The number of amides is 1. The lowest BCUT2D eigenvalue weighted by atomic mass is 10.2. The Morgan fingerprint density at radius 1 is 1.29 bits per heavy atom. The molecule has 96 valence electrons. The second-order valence-corrected chi connectivity index (χ2v) is 4.57. The summed E-state index contributed by atoms with van der Waals surface area (Å²) in [6, 6.07) is 4.09. The van der Waals surface area contributed by atoms with E-state index in [9.17, 15) is 4.79 Å². The van der Waals surface area contributed by atoms with Gasteiger partial charge in [0.1, 0.15) is 11.5 Å². The SMILES string of the molecule is Cc1ccc(C(C)NCCNC(=O)C(C)C)o1. The van der Waals surface area contributed by atoms with E-state index in [1.807, 2.05) is 39.8 Å². The monoisotopic (exact) mass is 238 g/mol. The van der Waals surface area contributed by atoms with Gasteiger partial charge in [0.05, 0.1) is 6.04 Å². The highest BCUT2D eigenvalue weighted by Crippen LogP contribution is 2.14. The van der Waals surface area contributed by atoms with Crippen molar-refractivity contribution in [3.8, 4) is 0 Å². The fraction of sp³-hybridized carbons (Fsp3) is 0.615. The molecule has 0 aliphatic heterocycles. The molecule has 1 heterocycles. The first-order chi connectivity index (χ1) is 8.00. The van der Waals surface area contributed by atoms with Crippen molar-refractivity contribution < 1.29 is 9.21 Å². The lowest BCUT2D eigenvalue weighted by Gasteiger charge is -2.12. The summed E-state index contributed by atoms with van der Waals surface area (Å²) >= 11 is 0. The molecular formula is C13H22N2O2. The number of hydrogen-bond acceptors (Lipinski definition) is 3. The number of rotatable bonds is 6. The van der Waals surface area contributed by atoms with Crippen LogP contribution in [0.3, 0.4) is 0 Å². The highest BCUT2D eigenvalue weighted by molar-refractivity contribution is 5.77. The smallest absolute Gasteiger partial charge is 0.222 e. The van der Waals surface area contributed by atoms with Crippen molar-refractivity contribution in [1.82, 2.24) is 10.6 Å². The molecule has 0 bridgehead atoms. The first-order valence-corrected chi connectivity index (χ1v) is 6.08. The zero-order valence-corrected chi connectivity index (χ0v) is 11.0. The minimum atomic E-state index is 0.0418. The molecule has 0 saturated heterocycles. The highest BCUT2D eigenvalue weighted by atomic mass is 16.3. The van der Waals surface area contributed by atoms with Gasteiger partial charge in [0.2, 0.25) is 5.91 Å². The van der Waals surface area contributed by atoms with Gasteiger partial charge in [-0.15, -0.1) is 0 Å². The number of hydrogen-bond donors (Lipinski definition) is 2. The van der Waals surface area contributed by atoms with E-state index in [4.69, 9.17) is 4.42 Å². The van der Waals surface area contributed by atoms with Gasteiger partial charge >= 0.3 is 0 Å². The maximum absolute atomic E-state index is 11.3. The summed E-state index contributed by atoms with van der Waals surface area (Å²) < 4.78 is 5.51. The maximum atomic E-state index is 11.3. The topological polar surface area (TPSA) is 54.3 Å². The van der Waals surface area contributed by atoms with E-state index >= 15 is 0 Å². The summed E-state index contributed by atoms with van der Waals surface area (Å²) in [6.45, 7) is 9.12. The number of carbonyl (C=O) groups is 1. The third-order valence-corrected chi connectivity index (χ3v) is 2.59. The van der Waals surface area contributed by atoms with Gasteiger partial charge in [0, 0.05) is 19.0 Å². The summed E-state index contributed by atoms with van der Waals surface area (Å²) in [7, 11) is 0. The van der Waals surface area contributed by atoms with Gasteiger partial charge < -0.3 is 15.1 Å². The summed E-state index contributed by atoms with van der Waals surface area (Å²) in [5.41, 5.74) is 0. The van der Waals surface area contributed by atoms with Crippen molar-refractivity contribution in [2.75, 3.05) is 13.1 Å². The van der Waals surface area contributed by atoms with E-state index in [1.54, 1.807) is 0 Å². The summed E-state index contributed by atoms with van der Waals surface area (Å²) in [5.74, 6) is 1.98. The molecule has 0 spiro atoms. The van der Waals surface area contributed by atoms with Crippen LogP contribution in [0.4, 0.5) is 0 Å². The van der Waals surface area contributed by atoms with Crippen LogP contribution in [0.1, 0.15) is 38.3 Å². The Balaban J connectivity index is 2.21. The van der Waals surface area contributed by atoms with Crippen molar-refractivity contribution in [1.29, 1.82) is 0 Å². The van der Waals surface area contributed by atoms with Gasteiger partial charge in [0.25, 0.3) is 0 Å². The van der Waals surface area contributed by atoms with Crippen molar-refractivity contribution in [2.24, 2.45) is 5.92 Å². The Hall–Kier alpha value is -1.29. The molecule has 1 atom stereocenters. The lowest BCUT2D eigenvalue weighted by molar-refractivity contribution is -0.123. The lowest BCUT2D eigenvalue weighted by Crippen LogP contribution is -2.34. The summed E-state index contributed by atoms with van der Waals surface area (Å²) in [4.78, 5) is 11.3. The molecule has 1 unspecified atom stereocenters. The number of carbonyl (C=O) groups excluding carboxylic acids is 1. The zero-order chi connectivity index (χ0) is 12.8. The van der Waals surface area contributed by atoms with Gasteiger partial charge in [-0.2, -0.15) is 0 Å². The summed E-state index contributed by atoms with van der Waals surface area (Å²) in [6.07, 6.45) is 0. The quantitative estimate of drug-likeness (QED) is 0.745. The average molecular weight is 238 g/mol. The van der Waals surface area contributed by atoms with Crippen LogP contribution in [0.15, 0.2) is 16.5 Å². The second kappa shape index (κ2) is 6.45. The average Bonchev–Trinajstić information content (AvgIpc) is 2.70. The maximum Gasteiger partial charge on any atom is 0.222 e. The van der Waals surface area contributed by atoms with Gasteiger partial charge in [-0.3, -0.25) is 4.79 Å². The van der Waals surface area contributed by atoms with Crippen LogP contribution in [0.25, 0.3) is 0 Å². The number of furan rings is 1. The van der Waals surface area contributed by atoms with Crippen LogP contribution in [0.5, 0.6) is 0 Å². The van der Waals surface area contributed by atoms with E-state index in [0.717, 1.165) is 18.1 Å². The summed E-state index contributed by atoms with van der Waals surface area (Å²) in [5, 5.41) is 6.16. The Morgan fingerprint density at radius 3 is 2.53 bits per heavy atom. The number of aryl methyl sites for hydroxylation is 1. The Labute approximate surface area is 103 Å². The number of nitrogens with one attached hydrogen (secondary N) is 2. The molecule has 0 aliphatic carbocycles. The predicted octanol–water partition coefficient (Wildman–Crippen LogP) is 2.01. The van der Waals surface area contributed by atoms with E-state index < -0.39 is 0 Å². The standard InChI is InChI=1S/C13H22N2O2/c1-9(2)13(16)15-8-7-14-11(4)12-6-5-10(3)17-12/h5-6,9,11,14H,7-8H2,1-4H3,(H,15,16). The molecule has 1 aromatic rings. The highest BCUT2D eigenvalue weighted by Gasteiger charge is 2.09. The van der Waals surface area contributed by atoms with Crippen LogP contribution in [-0.2, 0) is 4.79 Å². The Kier molecular flexibility index (Phi) is 5.22. The van der Waals surface area contributed by atoms with Crippen LogP contribution in [0, 0.1) is 12.8 Å². The van der Waals surface area contributed by atoms with Gasteiger partial charge in [0.15, 0.2) is 0 Å². The van der Waals surface area contributed by atoms with Crippen LogP contribution >= 0.6 is 0 Å². The van der Waals surface area contributed by atoms with Gasteiger partial charge in [-0.25, -0.2) is 0 Å². The normalized spacial score (nSPS) is 12.8. The van der Waals surface area contributed by atoms with Crippen molar-refractivity contribution in [2.45, 2.75) is 33.7 Å². The molecule has 4 heteroatoms. The molecule has 17 heavy (non-hydrogen) atoms. The third-order valence-electron chi connectivity index (χ3n) is 2.59. The first kappa shape index (κ1) is 13.8. The molecule has 0 fully saturated rings. The fourth-order valence-corrected chi connectivity index (χ4v) is 1.47. The largest absolute Gasteiger partial charge is 0.465 e. The van der Waals surface area contributed by atoms with Crippen molar-refractivity contribution >= 4 is 5.91 Å². The minimum Gasteiger partial charge on any atom is -0.465 e. The van der Waals surface area contributed by atoms with Crippen molar-refractivity contribution in [3.05, 3.63) is 23.7 Å². The van der Waals surface area contributed by atoms with Crippen LogP contribution in [-0.4, -0.2) is 19.0 Å². The Morgan fingerprint density at radius 2 is 2.00 bits per heavy atom.